The first-order valence-electron chi connectivity index (χ1n) is 6.25. The lowest BCUT2D eigenvalue weighted by Gasteiger charge is -2.11. The molecule has 0 spiro atoms. The Bertz CT molecular complexity index is 609. The number of aryl methyl sites for hydroxylation is 1. The minimum Gasteiger partial charge on any atom is -0.462 e. The van der Waals surface area contributed by atoms with Crippen molar-refractivity contribution < 1.29 is 9.53 Å². The van der Waals surface area contributed by atoms with Gasteiger partial charge in [-0.1, -0.05) is 6.07 Å². The number of carbonyl (C=O) groups excluding carboxylic acids is 1. The molecule has 2 rings (SSSR count). The molecule has 7 heteroatoms. The molecule has 1 aromatic carbocycles. The normalized spacial score (nSPS) is 10.3. The Morgan fingerprint density at radius 2 is 2.30 bits per heavy atom. The highest BCUT2D eigenvalue weighted by molar-refractivity contribution is 5.98. The fourth-order valence-corrected chi connectivity index (χ4v) is 1.75. The Morgan fingerprint density at radius 3 is 2.95 bits per heavy atom. The lowest BCUT2D eigenvalue weighted by Crippen LogP contribution is -2.11. The van der Waals surface area contributed by atoms with Gasteiger partial charge in [0.05, 0.1) is 30.1 Å². The van der Waals surface area contributed by atoms with E-state index in [0.29, 0.717) is 35.9 Å². The maximum atomic E-state index is 11.7. The number of nitrogen functional groups attached to an aromatic ring is 1. The minimum atomic E-state index is -0.426. The number of benzene rings is 1. The van der Waals surface area contributed by atoms with Crippen LogP contribution in [0.3, 0.4) is 0 Å². The standard InChI is InChI=1S/C13H17N5O2/c1-3-20-13(19)9-5-4-6-10(12(9)14)15-7-11-16-8-18(2)17-11/h4-6,8,15H,3,7,14H2,1-2H3. The maximum absolute atomic E-state index is 11.7. The van der Waals surface area contributed by atoms with Crippen LogP contribution in [0.4, 0.5) is 11.4 Å². The van der Waals surface area contributed by atoms with Gasteiger partial charge in [-0.15, -0.1) is 0 Å². The molecule has 0 saturated carbocycles. The van der Waals surface area contributed by atoms with E-state index in [1.807, 2.05) is 0 Å². The average molecular weight is 275 g/mol. The Kier molecular flexibility index (Phi) is 4.19. The summed E-state index contributed by atoms with van der Waals surface area (Å²) in [6, 6.07) is 5.18. The zero-order chi connectivity index (χ0) is 14.5. The first-order chi connectivity index (χ1) is 9.61. The van der Waals surface area contributed by atoms with Gasteiger partial charge in [-0.2, -0.15) is 5.10 Å². The van der Waals surface area contributed by atoms with Crippen molar-refractivity contribution >= 4 is 17.3 Å². The third-order valence-corrected chi connectivity index (χ3v) is 2.69. The summed E-state index contributed by atoms with van der Waals surface area (Å²) in [4.78, 5) is 15.8. The number of carbonyl (C=O) groups is 1. The largest absolute Gasteiger partial charge is 0.462 e. The Morgan fingerprint density at radius 1 is 1.50 bits per heavy atom. The molecule has 2 aromatic rings. The van der Waals surface area contributed by atoms with Crippen LogP contribution in [0.25, 0.3) is 0 Å². The molecular formula is C13H17N5O2. The quantitative estimate of drug-likeness (QED) is 0.628. The highest BCUT2D eigenvalue weighted by Gasteiger charge is 2.13. The molecule has 0 radical (unpaired) electrons. The van der Waals surface area contributed by atoms with Crippen LogP contribution < -0.4 is 11.1 Å². The van der Waals surface area contributed by atoms with E-state index < -0.39 is 5.97 Å². The van der Waals surface area contributed by atoms with Crippen molar-refractivity contribution in [1.82, 2.24) is 14.8 Å². The second-order valence-corrected chi connectivity index (χ2v) is 4.18. The van der Waals surface area contributed by atoms with Gasteiger partial charge in [0.1, 0.15) is 6.33 Å². The monoisotopic (exact) mass is 275 g/mol. The van der Waals surface area contributed by atoms with Gasteiger partial charge in [0.2, 0.25) is 0 Å². The zero-order valence-corrected chi connectivity index (χ0v) is 11.5. The van der Waals surface area contributed by atoms with E-state index in [4.69, 9.17) is 10.5 Å². The van der Waals surface area contributed by atoms with Crippen LogP contribution in [0.5, 0.6) is 0 Å². The van der Waals surface area contributed by atoms with E-state index in [0.717, 1.165) is 0 Å². The highest BCUT2D eigenvalue weighted by Crippen LogP contribution is 2.23. The van der Waals surface area contributed by atoms with E-state index >= 15 is 0 Å². The van der Waals surface area contributed by atoms with Crippen LogP contribution in [0.15, 0.2) is 24.5 Å². The number of anilines is 2. The smallest absolute Gasteiger partial charge is 0.340 e. The molecule has 0 aliphatic rings. The molecule has 0 aliphatic carbocycles. The number of nitrogens with one attached hydrogen (secondary N) is 1. The van der Waals surface area contributed by atoms with Crippen LogP contribution in [0.1, 0.15) is 23.1 Å². The van der Waals surface area contributed by atoms with Gasteiger partial charge in [-0.25, -0.2) is 9.78 Å². The van der Waals surface area contributed by atoms with E-state index in [2.05, 4.69) is 15.4 Å². The van der Waals surface area contributed by atoms with Crippen LogP contribution in [0.2, 0.25) is 0 Å². The van der Waals surface area contributed by atoms with Gasteiger partial charge in [-0.05, 0) is 19.1 Å². The summed E-state index contributed by atoms with van der Waals surface area (Å²) >= 11 is 0. The summed E-state index contributed by atoms with van der Waals surface area (Å²) in [7, 11) is 1.80. The molecule has 0 unspecified atom stereocenters. The minimum absolute atomic E-state index is 0.313. The molecule has 0 aliphatic heterocycles. The number of para-hydroxylation sites is 1. The van der Waals surface area contributed by atoms with Crippen molar-refractivity contribution in [2.24, 2.45) is 7.05 Å². The number of hydrogen-bond donors (Lipinski definition) is 2. The third kappa shape index (κ3) is 3.05. The van der Waals surface area contributed by atoms with Gasteiger partial charge < -0.3 is 15.8 Å². The molecule has 20 heavy (non-hydrogen) atoms. The topological polar surface area (TPSA) is 95.1 Å². The van der Waals surface area contributed by atoms with Gasteiger partial charge in [0.25, 0.3) is 0 Å². The number of nitrogens with two attached hydrogens (primary N) is 1. The molecule has 7 nitrogen and oxygen atoms in total. The molecular weight excluding hydrogens is 258 g/mol. The molecule has 3 N–H and O–H groups in total. The number of esters is 1. The number of ether oxygens (including phenoxy) is 1. The molecule has 0 amide bonds. The van der Waals surface area contributed by atoms with Crippen LogP contribution in [-0.2, 0) is 18.3 Å². The molecule has 0 bridgehead atoms. The average Bonchev–Trinajstić information content (AvgIpc) is 2.83. The van der Waals surface area contributed by atoms with Crippen molar-refractivity contribution in [2.45, 2.75) is 13.5 Å². The summed E-state index contributed by atoms with van der Waals surface area (Å²) in [5, 5.41) is 7.26. The molecule has 0 fully saturated rings. The SMILES string of the molecule is CCOC(=O)c1cccc(NCc2ncn(C)n2)c1N. The lowest BCUT2D eigenvalue weighted by molar-refractivity contribution is 0.0527. The van der Waals surface area contributed by atoms with Crippen LogP contribution in [0, 0.1) is 0 Å². The van der Waals surface area contributed by atoms with Crippen molar-refractivity contribution in [2.75, 3.05) is 17.7 Å². The first-order valence-corrected chi connectivity index (χ1v) is 6.25. The first kappa shape index (κ1) is 13.9. The maximum Gasteiger partial charge on any atom is 0.340 e. The fourth-order valence-electron chi connectivity index (χ4n) is 1.75. The number of hydrogen-bond acceptors (Lipinski definition) is 6. The molecule has 1 heterocycles. The summed E-state index contributed by atoms with van der Waals surface area (Å²) in [5.41, 5.74) is 7.35. The second kappa shape index (κ2) is 6.05. The Balaban J connectivity index is 2.12. The van der Waals surface area contributed by atoms with Crippen molar-refractivity contribution in [3.05, 3.63) is 35.9 Å². The summed E-state index contributed by atoms with van der Waals surface area (Å²) in [6.45, 7) is 2.49. The second-order valence-electron chi connectivity index (χ2n) is 4.18. The zero-order valence-electron chi connectivity index (χ0n) is 11.5. The number of rotatable bonds is 5. The predicted molar refractivity (Wildman–Crippen MR) is 75.1 cm³/mol. The Hall–Kier alpha value is -2.57. The van der Waals surface area contributed by atoms with Gasteiger partial charge in [-0.3, -0.25) is 4.68 Å². The third-order valence-electron chi connectivity index (χ3n) is 2.69. The molecule has 1 aromatic heterocycles. The van der Waals surface area contributed by atoms with Gasteiger partial charge in [0, 0.05) is 7.05 Å². The van der Waals surface area contributed by atoms with E-state index in [9.17, 15) is 4.79 Å². The summed E-state index contributed by atoms with van der Waals surface area (Å²) < 4.78 is 6.58. The van der Waals surface area contributed by atoms with Crippen molar-refractivity contribution in [1.29, 1.82) is 0 Å². The summed E-state index contributed by atoms with van der Waals surface area (Å²) in [5.74, 6) is 0.220. The van der Waals surface area contributed by atoms with Gasteiger partial charge in [0.15, 0.2) is 5.82 Å². The number of aromatic nitrogens is 3. The van der Waals surface area contributed by atoms with Crippen LogP contribution >= 0.6 is 0 Å². The van der Waals surface area contributed by atoms with Crippen LogP contribution in [-0.4, -0.2) is 27.3 Å². The van der Waals surface area contributed by atoms with E-state index in [-0.39, 0.29) is 0 Å². The highest BCUT2D eigenvalue weighted by atomic mass is 16.5. The number of nitrogens with zero attached hydrogens (tertiary/aromatic N) is 3. The van der Waals surface area contributed by atoms with E-state index in [1.54, 1.807) is 43.2 Å². The van der Waals surface area contributed by atoms with Gasteiger partial charge >= 0.3 is 5.97 Å². The summed E-state index contributed by atoms with van der Waals surface area (Å²) in [6.07, 6.45) is 1.62. The molecule has 0 saturated heterocycles. The lowest BCUT2D eigenvalue weighted by atomic mass is 10.1. The van der Waals surface area contributed by atoms with Crippen molar-refractivity contribution in [3.8, 4) is 0 Å². The predicted octanol–water partition coefficient (Wildman–Crippen LogP) is 1.19. The van der Waals surface area contributed by atoms with Crippen molar-refractivity contribution in [3.63, 3.8) is 0 Å². The molecule has 0 atom stereocenters. The fraction of sp³-hybridized carbons (Fsp3) is 0.308. The molecule has 106 valence electrons. The Labute approximate surface area is 116 Å². The van der Waals surface area contributed by atoms with E-state index in [1.165, 1.54) is 0 Å².